The lowest BCUT2D eigenvalue weighted by Gasteiger charge is -2.17. The number of nitrogens with zero attached hydrogens (tertiary/aromatic N) is 1. The Labute approximate surface area is 153 Å². The molecule has 0 aliphatic rings. The van der Waals surface area contributed by atoms with Crippen molar-refractivity contribution in [1.82, 2.24) is 5.32 Å². The van der Waals surface area contributed by atoms with Gasteiger partial charge in [-0.25, -0.2) is 0 Å². The molecule has 0 aliphatic heterocycles. The highest BCUT2D eigenvalue weighted by molar-refractivity contribution is 5.53. The van der Waals surface area contributed by atoms with E-state index in [-0.39, 0.29) is 16.7 Å². The van der Waals surface area contributed by atoms with Gasteiger partial charge in [0.1, 0.15) is 0 Å². The molecule has 0 saturated heterocycles. The van der Waals surface area contributed by atoms with Crippen molar-refractivity contribution in [3.63, 3.8) is 0 Å². The molecule has 7 nitrogen and oxygen atoms in total. The van der Waals surface area contributed by atoms with Crippen molar-refractivity contribution in [2.24, 2.45) is 0 Å². The van der Waals surface area contributed by atoms with Crippen molar-refractivity contribution in [2.75, 3.05) is 21.3 Å². The summed E-state index contributed by atoms with van der Waals surface area (Å²) in [5, 5.41) is 14.5. The lowest BCUT2D eigenvalue weighted by molar-refractivity contribution is -0.385. The number of methoxy groups -OCH3 is 3. The summed E-state index contributed by atoms with van der Waals surface area (Å²) in [6.07, 6.45) is 0. The van der Waals surface area contributed by atoms with Gasteiger partial charge >= 0.3 is 0 Å². The fraction of sp³-hybridized carbons (Fsp3) is 0.368. The summed E-state index contributed by atoms with van der Waals surface area (Å²) in [7, 11) is 4.70. The Kier molecular flexibility index (Phi) is 6.41. The van der Waals surface area contributed by atoms with Crippen molar-refractivity contribution in [3.05, 3.63) is 57.1 Å². The molecular weight excluding hydrogens is 336 g/mol. The predicted molar refractivity (Wildman–Crippen MR) is 99.2 cm³/mol. The second kappa shape index (κ2) is 8.53. The second-order valence-electron chi connectivity index (χ2n) is 5.94. The number of hydrogen-bond donors (Lipinski definition) is 1. The standard InChI is InChI=1S/C19H24N2O5/c1-12-6-7-15(10-16(12)21(22)23)13(2)20-11-14-8-17(24-3)19(26-5)18(9-14)25-4/h6-10,13,20H,11H2,1-5H3. The third-order valence-electron chi connectivity index (χ3n) is 4.27. The van der Waals surface area contributed by atoms with Crippen LogP contribution in [-0.2, 0) is 6.54 Å². The highest BCUT2D eigenvalue weighted by Crippen LogP contribution is 2.38. The summed E-state index contributed by atoms with van der Waals surface area (Å²) in [6.45, 7) is 4.24. The third kappa shape index (κ3) is 4.23. The van der Waals surface area contributed by atoms with Crippen LogP contribution < -0.4 is 19.5 Å². The molecular formula is C19H24N2O5. The van der Waals surface area contributed by atoms with E-state index in [1.807, 2.05) is 25.1 Å². The molecule has 0 saturated carbocycles. The maximum atomic E-state index is 11.1. The minimum Gasteiger partial charge on any atom is -0.493 e. The van der Waals surface area contributed by atoms with E-state index < -0.39 is 0 Å². The van der Waals surface area contributed by atoms with Gasteiger partial charge in [0, 0.05) is 24.2 Å². The van der Waals surface area contributed by atoms with E-state index in [9.17, 15) is 10.1 Å². The van der Waals surface area contributed by atoms with Gasteiger partial charge in [-0.2, -0.15) is 0 Å². The minimum absolute atomic E-state index is 0.0617. The molecule has 2 aromatic carbocycles. The van der Waals surface area contributed by atoms with Gasteiger partial charge < -0.3 is 19.5 Å². The van der Waals surface area contributed by atoms with Crippen LogP contribution in [0.4, 0.5) is 5.69 Å². The first kappa shape index (κ1) is 19.5. The number of hydrogen-bond acceptors (Lipinski definition) is 6. The number of rotatable bonds is 8. The lowest BCUT2D eigenvalue weighted by Crippen LogP contribution is -2.18. The van der Waals surface area contributed by atoms with E-state index in [1.54, 1.807) is 40.4 Å². The topological polar surface area (TPSA) is 82.9 Å². The number of ether oxygens (including phenoxy) is 3. The zero-order valence-corrected chi connectivity index (χ0v) is 15.7. The van der Waals surface area contributed by atoms with Crippen molar-refractivity contribution < 1.29 is 19.1 Å². The first-order chi connectivity index (χ1) is 12.4. The van der Waals surface area contributed by atoms with E-state index >= 15 is 0 Å². The van der Waals surface area contributed by atoms with E-state index in [0.717, 1.165) is 11.1 Å². The smallest absolute Gasteiger partial charge is 0.272 e. The summed E-state index contributed by atoms with van der Waals surface area (Å²) in [4.78, 5) is 10.8. The molecule has 1 unspecified atom stereocenters. The zero-order chi connectivity index (χ0) is 19.3. The van der Waals surface area contributed by atoms with Gasteiger partial charge in [-0.1, -0.05) is 12.1 Å². The fourth-order valence-corrected chi connectivity index (χ4v) is 2.72. The molecule has 2 rings (SSSR count). The van der Waals surface area contributed by atoms with Crippen LogP contribution in [0.1, 0.15) is 29.7 Å². The maximum Gasteiger partial charge on any atom is 0.272 e. The zero-order valence-electron chi connectivity index (χ0n) is 15.7. The van der Waals surface area contributed by atoms with Crippen LogP contribution in [0.3, 0.4) is 0 Å². The van der Waals surface area contributed by atoms with Gasteiger partial charge in [-0.3, -0.25) is 10.1 Å². The second-order valence-corrected chi connectivity index (χ2v) is 5.94. The Morgan fingerprint density at radius 3 is 2.19 bits per heavy atom. The van der Waals surface area contributed by atoms with Gasteiger partial charge in [0.2, 0.25) is 5.75 Å². The first-order valence-corrected chi connectivity index (χ1v) is 8.18. The molecule has 0 aromatic heterocycles. The Bertz CT molecular complexity index is 766. The number of aryl methyl sites for hydroxylation is 1. The monoisotopic (exact) mass is 360 g/mol. The van der Waals surface area contributed by atoms with E-state index in [1.165, 1.54) is 0 Å². The van der Waals surface area contributed by atoms with E-state index in [0.29, 0.717) is 29.4 Å². The summed E-state index contributed by atoms with van der Waals surface area (Å²) in [5.74, 6) is 1.71. The summed E-state index contributed by atoms with van der Waals surface area (Å²) in [6, 6.07) is 8.97. The highest BCUT2D eigenvalue weighted by Gasteiger charge is 2.16. The molecule has 140 valence electrons. The van der Waals surface area contributed by atoms with Crippen LogP contribution >= 0.6 is 0 Å². The highest BCUT2D eigenvalue weighted by atomic mass is 16.6. The molecule has 0 fully saturated rings. The summed E-state index contributed by atoms with van der Waals surface area (Å²) in [5.41, 5.74) is 2.59. The third-order valence-corrected chi connectivity index (χ3v) is 4.27. The van der Waals surface area contributed by atoms with Crippen molar-refractivity contribution >= 4 is 5.69 Å². The van der Waals surface area contributed by atoms with Crippen LogP contribution in [0.5, 0.6) is 17.2 Å². The van der Waals surface area contributed by atoms with Gasteiger partial charge in [0.15, 0.2) is 11.5 Å². The molecule has 2 aromatic rings. The molecule has 0 amide bonds. The first-order valence-electron chi connectivity index (χ1n) is 8.18. The molecule has 26 heavy (non-hydrogen) atoms. The van der Waals surface area contributed by atoms with Crippen LogP contribution in [0.25, 0.3) is 0 Å². The lowest BCUT2D eigenvalue weighted by atomic mass is 10.0. The van der Waals surface area contributed by atoms with Crippen LogP contribution in [0.2, 0.25) is 0 Å². The molecule has 0 aliphatic carbocycles. The molecule has 7 heteroatoms. The average molecular weight is 360 g/mol. The molecule has 0 bridgehead atoms. The molecule has 0 radical (unpaired) electrons. The van der Waals surface area contributed by atoms with E-state index in [4.69, 9.17) is 14.2 Å². The maximum absolute atomic E-state index is 11.1. The summed E-state index contributed by atoms with van der Waals surface area (Å²) >= 11 is 0. The van der Waals surface area contributed by atoms with E-state index in [2.05, 4.69) is 5.32 Å². The normalized spacial score (nSPS) is 11.7. The van der Waals surface area contributed by atoms with Crippen molar-refractivity contribution in [2.45, 2.75) is 26.4 Å². The predicted octanol–water partition coefficient (Wildman–Crippen LogP) is 3.78. The molecule has 1 N–H and O–H groups in total. The molecule has 1 atom stereocenters. The average Bonchev–Trinajstić information content (AvgIpc) is 2.65. The SMILES string of the molecule is COc1cc(CNC(C)c2ccc(C)c([N+](=O)[O-])c2)cc(OC)c1OC. The van der Waals surface area contributed by atoms with Gasteiger partial charge in [0.25, 0.3) is 5.69 Å². The Hall–Kier alpha value is -2.80. The van der Waals surface area contributed by atoms with Crippen LogP contribution in [-0.4, -0.2) is 26.3 Å². The van der Waals surface area contributed by atoms with Gasteiger partial charge in [0.05, 0.1) is 26.3 Å². The van der Waals surface area contributed by atoms with Gasteiger partial charge in [-0.05, 0) is 37.1 Å². The van der Waals surface area contributed by atoms with Crippen molar-refractivity contribution in [1.29, 1.82) is 0 Å². The van der Waals surface area contributed by atoms with Crippen molar-refractivity contribution in [3.8, 4) is 17.2 Å². The number of benzene rings is 2. The molecule has 0 spiro atoms. The largest absolute Gasteiger partial charge is 0.493 e. The number of nitro groups is 1. The van der Waals surface area contributed by atoms with Gasteiger partial charge in [-0.15, -0.1) is 0 Å². The Morgan fingerprint density at radius 2 is 1.69 bits per heavy atom. The van der Waals surface area contributed by atoms with Crippen LogP contribution in [0, 0.1) is 17.0 Å². The number of nitrogens with one attached hydrogen (secondary N) is 1. The molecule has 0 heterocycles. The quantitative estimate of drug-likeness (QED) is 0.570. The Morgan fingerprint density at radius 1 is 1.08 bits per heavy atom. The van der Waals surface area contributed by atoms with Crippen LogP contribution in [0.15, 0.2) is 30.3 Å². The summed E-state index contributed by atoms with van der Waals surface area (Å²) < 4.78 is 16.0. The Balaban J connectivity index is 2.18. The fourth-order valence-electron chi connectivity index (χ4n) is 2.72. The number of nitro benzene ring substituents is 1. The minimum atomic E-state index is -0.356.